The van der Waals surface area contributed by atoms with Gasteiger partial charge in [-0.25, -0.2) is 4.79 Å². The zero-order chi connectivity index (χ0) is 11.0. The van der Waals surface area contributed by atoms with Gasteiger partial charge in [-0.15, -0.1) is 0 Å². The van der Waals surface area contributed by atoms with E-state index in [9.17, 15) is 15.0 Å². The molecular weight excluding hydrogens is 198 g/mol. The molecule has 78 valence electrons. The summed E-state index contributed by atoms with van der Waals surface area (Å²) in [6, 6.07) is 2.54. The maximum absolute atomic E-state index is 10.7. The van der Waals surface area contributed by atoms with Crippen molar-refractivity contribution in [2.45, 2.75) is 6.10 Å². The van der Waals surface area contributed by atoms with Crippen molar-refractivity contribution in [3.8, 4) is 5.75 Å². The van der Waals surface area contributed by atoms with Gasteiger partial charge in [0, 0.05) is 17.3 Å². The van der Waals surface area contributed by atoms with Gasteiger partial charge in [0.25, 0.3) is 0 Å². The zero-order valence-electron chi connectivity index (χ0n) is 7.64. The monoisotopic (exact) mass is 207 g/mol. The lowest BCUT2D eigenvalue weighted by molar-refractivity contribution is 0.0693. The van der Waals surface area contributed by atoms with Gasteiger partial charge in [0.15, 0.2) is 0 Å². The number of carboxylic acids is 1. The number of carboxylic acid groups (broad SMARTS) is 1. The molecule has 2 rings (SSSR count). The van der Waals surface area contributed by atoms with Crippen LogP contribution in [-0.4, -0.2) is 21.3 Å². The summed E-state index contributed by atoms with van der Waals surface area (Å²) in [5.74, 6) is -1.55. The number of aromatic hydroxyl groups is 1. The summed E-state index contributed by atoms with van der Waals surface area (Å²) in [5, 5.41) is 30.5. The Labute approximate surface area is 85.3 Å². The summed E-state index contributed by atoms with van der Waals surface area (Å²) < 4.78 is 0. The van der Waals surface area contributed by atoms with Gasteiger partial charge in [0.05, 0.1) is 0 Å². The van der Waals surface area contributed by atoms with Crippen molar-refractivity contribution in [3.63, 3.8) is 0 Å². The Kier molecular flexibility index (Phi) is 2.09. The minimum absolute atomic E-state index is 0.218. The second-order valence-corrected chi connectivity index (χ2v) is 3.21. The minimum atomic E-state index is -1.22. The fourth-order valence-electron chi connectivity index (χ4n) is 1.48. The molecule has 1 aromatic rings. The minimum Gasteiger partial charge on any atom is -0.507 e. The quantitative estimate of drug-likeness (QED) is 0.553. The number of aliphatic hydroxyl groups excluding tert-OH is 1. The molecule has 0 aromatic heterocycles. The highest BCUT2D eigenvalue weighted by molar-refractivity contribution is 5.92. The molecule has 0 fully saturated rings. The lowest BCUT2D eigenvalue weighted by atomic mass is 10.0. The van der Waals surface area contributed by atoms with Gasteiger partial charge in [-0.2, -0.15) is 0 Å². The summed E-state index contributed by atoms with van der Waals surface area (Å²) in [7, 11) is 0. The van der Waals surface area contributed by atoms with Gasteiger partial charge in [0.2, 0.25) is 0 Å². The van der Waals surface area contributed by atoms with Gasteiger partial charge in [-0.3, -0.25) is 0 Å². The SMILES string of the molecule is O=C(O)c1cc2c(cc1O)NC=CC2O. The molecule has 1 heterocycles. The Morgan fingerprint density at radius 1 is 1.40 bits per heavy atom. The Morgan fingerprint density at radius 3 is 2.80 bits per heavy atom. The topological polar surface area (TPSA) is 89.8 Å². The van der Waals surface area contributed by atoms with Gasteiger partial charge in [-0.1, -0.05) is 0 Å². The first-order valence-corrected chi connectivity index (χ1v) is 4.31. The number of aliphatic hydroxyl groups is 1. The summed E-state index contributed by atoms with van der Waals surface area (Å²) in [6.07, 6.45) is 2.18. The number of aromatic carboxylic acids is 1. The predicted molar refractivity (Wildman–Crippen MR) is 52.8 cm³/mol. The molecule has 5 nitrogen and oxygen atoms in total. The predicted octanol–water partition coefficient (Wildman–Crippen LogP) is 1.06. The van der Waals surface area contributed by atoms with Crippen molar-refractivity contribution in [1.82, 2.24) is 0 Å². The van der Waals surface area contributed by atoms with Crippen LogP contribution in [0.15, 0.2) is 24.4 Å². The van der Waals surface area contributed by atoms with Crippen LogP contribution in [0.2, 0.25) is 0 Å². The molecule has 1 unspecified atom stereocenters. The van der Waals surface area contributed by atoms with Gasteiger partial charge < -0.3 is 20.6 Å². The van der Waals surface area contributed by atoms with Crippen molar-refractivity contribution >= 4 is 11.7 Å². The van der Waals surface area contributed by atoms with Crippen molar-refractivity contribution in [2.75, 3.05) is 5.32 Å². The zero-order valence-corrected chi connectivity index (χ0v) is 7.64. The van der Waals surface area contributed by atoms with Crippen molar-refractivity contribution in [3.05, 3.63) is 35.5 Å². The van der Waals surface area contributed by atoms with E-state index in [1.165, 1.54) is 24.4 Å². The van der Waals surface area contributed by atoms with Crippen molar-refractivity contribution < 1.29 is 20.1 Å². The first kappa shape index (κ1) is 9.54. The molecule has 0 bridgehead atoms. The fourth-order valence-corrected chi connectivity index (χ4v) is 1.48. The number of carbonyl (C=O) groups is 1. The Bertz CT molecular complexity index is 453. The largest absolute Gasteiger partial charge is 0.507 e. The maximum atomic E-state index is 10.7. The molecule has 15 heavy (non-hydrogen) atoms. The summed E-state index contributed by atoms with van der Waals surface area (Å²) >= 11 is 0. The first-order chi connectivity index (χ1) is 7.09. The number of benzene rings is 1. The second kappa shape index (κ2) is 3.29. The van der Waals surface area contributed by atoms with Crippen LogP contribution in [0.3, 0.4) is 0 Å². The molecule has 1 aromatic carbocycles. The van der Waals surface area contributed by atoms with Crippen LogP contribution in [0, 0.1) is 0 Å². The average Bonchev–Trinajstić information content (AvgIpc) is 2.16. The van der Waals surface area contributed by atoms with Crippen LogP contribution in [0.4, 0.5) is 5.69 Å². The van der Waals surface area contributed by atoms with Crippen LogP contribution in [0.5, 0.6) is 5.75 Å². The molecular formula is C10H9NO4. The fraction of sp³-hybridized carbons (Fsp3) is 0.100. The van der Waals surface area contributed by atoms with Gasteiger partial charge >= 0.3 is 5.97 Å². The summed E-state index contributed by atoms with van der Waals surface area (Å²) in [6.45, 7) is 0. The number of hydrogen-bond donors (Lipinski definition) is 4. The van der Waals surface area contributed by atoms with E-state index in [-0.39, 0.29) is 11.3 Å². The number of fused-ring (bicyclic) bond motifs is 1. The molecule has 0 saturated carbocycles. The van der Waals surface area contributed by atoms with Crippen molar-refractivity contribution in [1.29, 1.82) is 0 Å². The number of nitrogens with one attached hydrogen (secondary N) is 1. The van der Waals surface area contributed by atoms with E-state index in [0.29, 0.717) is 11.3 Å². The smallest absolute Gasteiger partial charge is 0.339 e. The van der Waals surface area contributed by atoms with Crippen molar-refractivity contribution in [2.24, 2.45) is 0 Å². The third kappa shape index (κ3) is 1.53. The molecule has 0 spiro atoms. The van der Waals surface area contributed by atoms with Crippen LogP contribution in [0.1, 0.15) is 22.0 Å². The third-order valence-corrected chi connectivity index (χ3v) is 2.23. The second-order valence-electron chi connectivity index (χ2n) is 3.21. The Hall–Kier alpha value is -2.01. The molecule has 0 saturated heterocycles. The molecule has 0 aliphatic carbocycles. The van der Waals surface area contributed by atoms with Gasteiger partial charge in [0.1, 0.15) is 17.4 Å². The van der Waals surface area contributed by atoms with Gasteiger partial charge in [-0.05, 0) is 18.3 Å². The van der Waals surface area contributed by atoms with Crippen LogP contribution < -0.4 is 5.32 Å². The van der Waals surface area contributed by atoms with E-state index in [1.807, 2.05) is 0 Å². The first-order valence-electron chi connectivity index (χ1n) is 4.31. The maximum Gasteiger partial charge on any atom is 0.339 e. The van der Waals surface area contributed by atoms with E-state index in [2.05, 4.69) is 5.32 Å². The van der Waals surface area contributed by atoms with E-state index < -0.39 is 12.1 Å². The van der Waals surface area contributed by atoms with Crippen LogP contribution in [-0.2, 0) is 0 Å². The standard InChI is InChI=1S/C10H9NO4/c12-8-1-2-11-7-4-9(13)6(10(14)15)3-5(7)8/h1-4,8,11-13H,(H,14,15). The van der Waals surface area contributed by atoms with E-state index in [4.69, 9.17) is 5.11 Å². The number of anilines is 1. The third-order valence-electron chi connectivity index (χ3n) is 2.23. The molecule has 4 N–H and O–H groups in total. The average molecular weight is 207 g/mol. The molecule has 1 aliphatic rings. The Balaban J connectivity index is 2.58. The molecule has 0 radical (unpaired) electrons. The summed E-state index contributed by atoms with van der Waals surface area (Å²) in [5.41, 5.74) is 0.727. The summed E-state index contributed by atoms with van der Waals surface area (Å²) in [4.78, 5) is 10.7. The highest BCUT2D eigenvalue weighted by Gasteiger charge is 2.19. The van der Waals surface area contributed by atoms with E-state index in [1.54, 1.807) is 0 Å². The molecule has 0 amide bonds. The van der Waals surface area contributed by atoms with E-state index >= 15 is 0 Å². The number of phenols is 1. The Morgan fingerprint density at radius 2 is 2.13 bits per heavy atom. The van der Waals surface area contributed by atoms with Crippen LogP contribution in [0.25, 0.3) is 0 Å². The normalized spacial score (nSPS) is 18.1. The lowest BCUT2D eigenvalue weighted by Crippen LogP contribution is -2.08. The highest BCUT2D eigenvalue weighted by atomic mass is 16.4. The molecule has 1 atom stereocenters. The highest BCUT2D eigenvalue weighted by Crippen LogP contribution is 2.33. The number of rotatable bonds is 1. The van der Waals surface area contributed by atoms with Crippen LogP contribution >= 0.6 is 0 Å². The molecule has 5 heteroatoms. The lowest BCUT2D eigenvalue weighted by Gasteiger charge is -2.18. The number of hydrogen-bond acceptors (Lipinski definition) is 4. The van der Waals surface area contributed by atoms with E-state index in [0.717, 1.165) is 0 Å². The molecule has 1 aliphatic heterocycles.